The van der Waals surface area contributed by atoms with Gasteiger partial charge in [-0.15, -0.1) is 0 Å². The third kappa shape index (κ3) is 4.35. The van der Waals surface area contributed by atoms with Crippen molar-refractivity contribution < 1.29 is 12.8 Å². The van der Waals surface area contributed by atoms with Gasteiger partial charge in [0.15, 0.2) is 5.15 Å². The first-order valence-electron chi connectivity index (χ1n) is 10.3. The first-order valence-corrected chi connectivity index (χ1v) is 12.2. The van der Waals surface area contributed by atoms with E-state index in [4.69, 9.17) is 11.6 Å². The van der Waals surface area contributed by atoms with Crippen molar-refractivity contribution >= 4 is 38.2 Å². The lowest BCUT2D eigenvalue weighted by Gasteiger charge is -2.12. The number of pyridine rings is 2. The summed E-state index contributed by atoms with van der Waals surface area (Å²) in [6.07, 6.45) is 3.36. The molecule has 0 radical (unpaired) electrons. The van der Waals surface area contributed by atoms with Crippen LogP contribution in [0.4, 0.5) is 10.1 Å². The van der Waals surface area contributed by atoms with Crippen molar-refractivity contribution in [2.24, 2.45) is 0 Å². The van der Waals surface area contributed by atoms with E-state index in [-0.39, 0.29) is 15.7 Å². The summed E-state index contributed by atoms with van der Waals surface area (Å²) in [5.41, 5.74) is 4.55. The molecular weight excluding hydrogens is 473 g/mol. The van der Waals surface area contributed by atoms with Crippen LogP contribution in [0.15, 0.2) is 102 Å². The maximum absolute atomic E-state index is 13.2. The molecule has 0 aliphatic carbocycles. The quantitative estimate of drug-likeness (QED) is 0.284. The van der Waals surface area contributed by atoms with Crippen LogP contribution in [0, 0.1) is 5.82 Å². The second kappa shape index (κ2) is 8.85. The molecule has 0 saturated carbocycles. The molecule has 0 aliphatic rings. The summed E-state index contributed by atoms with van der Waals surface area (Å²) < 4.78 is 41.2. The van der Waals surface area contributed by atoms with E-state index in [1.165, 1.54) is 12.1 Å². The standard InChI is InChI=1S/C26H17ClFN3O2S/c27-26-25(31-34(32,33)21-9-7-20(28)8-10-21)15-19(16-30-26)18-6-11-24-23(14-18)22(12-13-29-24)17-4-2-1-3-5-17/h1-16,31H. The third-order valence-corrected chi connectivity index (χ3v) is 7.05. The van der Waals surface area contributed by atoms with Gasteiger partial charge in [-0.2, -0.15) is 0 Å². The van der Waals surface area contributed by atoms with Gasteiger partial charge in [0, 0.05) is 23.3 Å². The van der Waals surface area contributed by atoms with Crippen molar-refractivity contribution in [3.63, 3.8) is 0 Å². The van der Waals surface area contributed by atoms with Gasteiger partial charge in [-0.3, -0.25) is 9.71 Å². The second-order valence-corrected chi connectivity index (χ2v) is 9.62. The molecule has 0 unspecified atom stereocenters. The lowest BCUT2D eigenvalue weighted by molar-refractivity contribution is 0.599. The molecule has 0 saturated heterocycles. The molecule has 2 heterocycles. The summed E-state index contributed by atoms with van der Waals surface area (Å²) in [6, 6.07) is 23.9. The Morgan fingerprint density at radius 3 is 2.32 bits per heavy atom. The number of fused-ring (bicyclic) bond motifs is 1. The van der Waals surface area contributed by atoms with E-state index in [9.17, 15) is 12.8 Å². The number of hydrogen-bond acceptors (Lipinski definition) is 4. The van der Waals surface area contributed by atoms with Gasteiger partial charge in [0.2, 0.25) is 0 Å². The lowest BCUT2D eigenvalue weighted by Crippen LogP contribution is -2.13. The number of hydrogen-bond donors (Lipinski definition) is 1. The predicted molar refractivity (Wildman–Crippen MR) is 133 cm³/mol. The molecule has 0 fully saturated rings. The summed E-state index contributed by atoms with van der Waals surface area (Å²) in [7, 11) is -3.98. The van der Waals surface area contributed by atoms with Crippen molar-refractivity contribution in [3.05, 3.63) is 108 Å². The number of benzene rings is 3. The van der Waals surface area contributed by atoms with Gasteiger partial charge in [-0.05, 0) is 65.2 Å². The number of halogens is 2. The van der Waals surface area contributed by atoms with Crippen molar-refractivity contribution in [3.8, 4) is 22.3 Å². The molecule has 0 atom stereocenters. The lowest BCUT2D eigenvalue weighted by atomic mass is 9.98. The van der Waals surface area contributed by atoms with Crippen molar-refractivity contribution in [2.45, 2.75) is 4.90 Å². The fourth-order valence-electron chi connectivity index (χ4n) is 3.69. The van der Waals surface area contributed by atoms with E-state index in [2.05, 4.69) is 14.7 Å². The number of nitrogens with zero attached hydrogens (tertiary/aromatic N) is 2. The molecule has 5 aromatic rings. The van der Waals surface area contributed by atoms with Gasteiger partial charge in [-0.1, -0.05) is 48.0 Å². The van der Waals surface area contributed by atoms with Crippen LogP contribution < -0.4 is 4.72 Å². The van der Waals surface area contributed by atoms with Crippen LogP contribution in [-0.2, 0) is 10.0 Å². The molecule has 0 amide bonds. The molecule has 5 nitrogen and oxygen atoms in total. The summed E-state index contributed by atoms with van der Waals surface area (Å²) in [5.74, 6) is -0.527. The average Bonchev–Trinajstić information content (AvgIpc) is 2.85. The zero-order valence-electron chi connectivity index (χ0n) is 17.6. The minimum Gasteiger partial charge on any atom is -0.276 e. The highest BCUT2D eigenvalue weighted by molar-refractivity contribution is 7.92. The molecule has 0 spiro atoms. The highest BCUT2D eigenvalue weighted by Gasteiger charge is 2.17. The predicted octanol–water partition coefficient (Wildman–Crippen LogP) is 6.56. The Bertz CT molecular complexity index is 1610. The summed E-state index contributed by atoms with van der Waals surface area (Å²) in [4.78, 5) is 8.55. The van der Waals surface area contributed by atoms with E-state index in [1.807, 2.05) is 54.6 Å². The summed E-state index contributed by atoms with van der Waals surface area (Å²) in [5, 5.41) is 0.955. The Morgan fingerprint density at radius 2 is 1.56 bits per heavy atom. The second-order valence-electron chi connectivity index (χ2n) is 7.58. The Kier molecular flexibility index (Phi) is 5.73. The van der Waals surface area contributed by atoms with Crippen LogP contribution in [-0.4, -0.2) is 18.4 Å². The normalized spacial score (nSPS) is 11.5. The largest absolute Gasteiger partial charge is 0.276 e. The fraction of sp³-hybridized carbons (Fsp3) is 0. The highest BCUT2D eigenvalue weighted by Crippen LogP contribution is 2.33. The zero-order valence-corrected chi connectivity index (χ0v) is 19.2. The molecule has 0 aliphatic heterocycles. The highest BCUT2D eigenvalue weighted by atomic mass is 35.5. The van der Waals surface area contributed by atoms with E-state index >= 15 is 0 Å². The van der Waals surface area contributed by atoms with Crippen LogP contribution in [0.5, 0.6) is 0 Å². The molecule has 1 N–H and O–H groups in total. The SMILES string of the molecule is O=S(=O)(Nc1cc(-c2ccc3nccc(-c4ccccc4)c3c2)cnc1Cl)c1ccc(F)cc1. The van der Waals surface area contributed by atoms with E-state index in [1.54, 1.807) is 18.5 Å². The molecule has 34 heavy (non-hydrogen) atoms. The molecule has 5 rings (SSSR count). The van der Waals surface area contributed by atoms with Gasteiger partial charge in [0.25, 0.3) is 10.0 Å². The summed E-state index contributed by atoms with van der Waals surface area (Å²) >= 11 is 6.19. The zero-order chi connectivity index (χ0) is 23.7. The minimum absolute atomic E-state index is 0.00173. The third-order valence-electron chi connectivity index (χ3n) is 5.37. The van der Waals surface area contributed by atoms with Crippen LogP contribution in [0.25, 0.3) is 33.2 Å². The van der Waals surface area contributed by atoms with E-state index in [0.29, 0.717) is 5.56 Å². The number of rotatable bonds is 5. The average molecular weight is 490 g/mol. The first-order chi connectivity index (χ1) is 16.4. The van der Waals surface area contributed by atoms with E-state index < -0.39 is 15.8 Å². The summed E-state index contributed by atoms with van der Waals surface area (Å²) in [6.45, 7) is 0. The van der Waals surface area contributed by atoms with E-state index in [0.717, 1.165) is 39.7 Å². The Hall–Kier alpha value is -3.81. The number of aromatic nitrogens is 2. The topological polar surface area (TPSA) is 72.0 Å². The maximum atomic E-state index is 13.2. The number of anilines is 1. The van der Waals surface area contributed by atoms with Crippen LogP contribution in [0.2, 0.25) is 5.15 Å². The van der Waals surface area contributed by atoms with Crippen molar-refractivity contribution in [1.82, 2.24) is 9.97 Å². The molecule has 2 aromatic heterocycles. The molecule has 3 aromatic carbocycles. The van der Waals surface area contributed by atoms with Gasteiger partial charge in [-0.25, -0.2) is 17.8 Å². The Labute approximate surface area is 201 Å². The van der Waals surface area contributed by atoms with Gasteiger partial charge >= 0.3 is 0 Å². The molecular formula is C26H17ClFN3O2S. The number of nitrogens with one attached hydrogen (secondary N) is 1. The molecule has 0 bridgehead atoms. The van der Waals surface area contributed by atoms with Crippen LogP contribution in [0.1, 0.15) is 0 Å². The molecule has 168 valence electrons. The fourth-order valence-corrected chi connectivity index (χ4v) is 4.95. The number of sulfonamides is 1. The van der Waals surface area contributed by atoms with Gasteiger partial charge < -0.3 is 0 Å². The van der Waals surface area contributed by atoms with Crippen LogP contribution >= 0.6 is 11.6 Å². The van der Waals surface area contributed by atoms with Crippen LogP contribution in [0.3, 0.4) is 0 Å². The first kappa shape index (κ1) is 22.0. The van der Waals surface area contributed by atoms with Gasteiger partial charge in [0.1, 0.15) is 5.82 Å². The Balaban J connectivity index is 1.55. The maximum Gasteiger partial charge on any atom is 0.261 e. The van der Waals surface area contributed by atoms with Crippen molar-refractivity contribution in [1.29, 1.82) is 0 Å². The monoisotopic (exact) mass is 489 g/mol. The van der Waals surface area contributed by atoms with Gasteiger partial charge in [0.05, 0.1) is 16.1 Å². The Morgan fingerprint density at radius 1 is 0.794 bits per heavy atom. The van der Waals surface area contributed by atoms with Crippen molar-refractivity contribution in [2.75, 3.05) is 4.72 Å². The minimum atomic E-state index is -3.98. The molecule has 8 heteroatoms. The smallest absolute Gasteiger partial charge is 0.261 e.